The topological polar surface area (TPSA) is 26.0 Å². The summed E-state index contributed by atoms with van der Waals surface area (Å²) in [6.07, 6.45) is 0. The van der Waals surface area contributed by atoms with Crippen molar-refractivity contribution in [3.8, 4) is 0 Å². The van der Waals surface area contributed by atoms with Crippen LogP contribution < -0.4 is 5.73 Å². The third-order valence-corrected chi connectivity index (χ3v) is 2.78. The molecule has 0 fully saturated rings. The van der Waals surface area contributed by atoms with E-state index in [-0.39, 0.29) is 0 Å². The van der Waals surface area contributed by atoms with Crippen LogP contribution in [0, 0.1) is 20.8 Å². The first-order valence-electron chi connectivity index (χ1n) is 3.59. The first-order valence-corrected chi connectivity index (χ1v) is 4.04. The number of nitrogens with two attached hydrogens (primary N) is 1. The Labute approximate surface area is 73.0 Å². The van der Waals surface area contributed by atoms with E-state index in [1.54, 1.807) is 0 Å². The third-order valence-electron chi connectivity index (χ3n) is 2.10. The lowest BCUT2D eigenvalue weighted by Gasteiger charge is -2.09. The third kappa shape index (κ3) is 1.36. The molecule has 0 radical (unpaired) electrons. The predicted octanol–water partition coefficient (Wildman–Crippen LogP) is 2.48. The van der Waals surface area contributed by atoms with E-state index in [1.165, 1.54) is 5.56 Å². The lowest BCUT2D eigenvalue weighted by molar-refractivity contribution is 1.18. The average Bonchev–Trinajstić information content (AvgIpc) is 1.97. The van der Waals surface area contributed by atoms with Gasteiger partial charge in [0.25, 0.3) is 0 Å². The van der Waals surface area contributed by atoms with Crippen LogP contribution in [-0.4, -0.2) is 0 Å². The van der Waals surface area contributed by atoms with E-state index in [0.717, 1.165) is 21.7 Å². The van der Waals surface area contributed by atoms with E-state index < -0.39 is 0 Å². The maximum absolute atomic E-state index is 5.76. The van der Waals surface area contributed by atoms with Crippen molar-refractivity contribution in [2.24, 2.45) is 0 Å². The summed E-state index contributed by atoms with van der Waals surface area (Å²) < 4.78 is 0. The van der Waals surface area contributed by atoms with Crippen molar-refractivity contribution < 1.29 is 0 Å². The zero-order chi connectivity index (χ0) is 8.59. The Morgan fingerprint density at radius 1 is 1.18 bits per heavy atom. The summed E-state index contributed by atoms with van der Waals surface area (Å²) in [4.78, 5) is 1.05. The van der Waals surface area contributed by atoms with Gasteiger partial charge < -0.3 is 5.73 Å². The molecule has 0 amide bonds. The van der Waals surface area contributed by atoms with Gasteiger partial charge in [-0.15, -0.1) is 12.6 Å². The normalized spacial score (nSPS) is 10.2. The van der Waals surface area contributed by atoms with E-state index in [0.29, 0.717) is 0 Å². The Morgan fingerprint density at radius 3 is 2.27 bits per heavy atom. The summed E-state index contributed by atoms with van der Waals surface area (Å²) in [5.41, 5.74) is 10.1. The summed E-state index contributed by atoms with van der Waals surface area (Å²) in [6, 6.07) is 1.96. The van der Waals surface area contributed by atoms with E-state index in [2.05, 4.69) is 12.6 Å². The molecule has 11 heavy (non-hydrogen) atoms. The first kappa shape index (κ1) is 8.47. The van der Waals surface area contributed by atoms with Gasteiger partial charge in [-0.25, -0.2) is 0 Å². The molecule has 0 atom stereocenters. The van der Waals surface area contributed by atoms with E-state index in [4.69, 9.17) is 5.73 Å². The highest BCUT2D eigenvalue weighted by Crippen LogP contribution is 2.25. The predicted molar refractivity (Wildman–Crippen MR) is 52.3 cm³/mol. The number of aryl methyl sites for hydroxylation is 1. The van der Waals surface area contributed by atoms with E-state index in [1.807, 2.05) is 26.8 Å². The molecule has 0 unspecified atom stereocenters. The Morgan fingerprint density at radius 2 is 1.73 bits per heavy atom. The van der Waals surface area contributed by atoms with Gasteiger partial charge in [-0.3, -0.25) is 0 Å². The molecule has 2 N–H and O–H groups in total. The lowest BCUT2D eigenvalue weighted by Crippen LogP contribution is -1.95. The molecule has 2 heteroatoms. The molecular weight excluding hydrogens is 154 g/mol. The standard InChI is InChI=1S/C9H13NS/c1-5-4-8(10)6(2)7(3)9(5)11/h4,11H,10H2,1-3H3. The zero-order valence-electron chi connectivity index (χ0n) is 7.10. The van der Waals surface area contributed by atoms with Gasteiger partial charge in [-0.1, -0.05) is 0 Å². The number of benzene rings is 1. The molecule has 0 heterocycles. The zero-order valence-corrected chi connectivity index (χ0v) is 8.00. The molecular formula is C9H13NS. The van der Waals surface area contributed by atoms with Crippen molar-refractivity contribution in [1.29, 1.82) is 0 Å². The van der Waals surface area contributed by atoms with E-state index >= 15 is 0 Å². The maximum Gasteiger partial charge on any atom is 0.0349 e. The molecule has 0 aliphatic heterocycles. The summed E-state index contributed by atoms with van der Waals surface area (Å²) in [6.45, 7) is 6.08. The van der Waals surface area contributed by atoms with Crippen molar-refractivity contribution in [1.82, 2.24) is 0 Å². The van der Waals surface area contributed by atoms with Crippen LogP contribution in [0.4, 0.5) is 5.69 Å². The van der Waals surface area contributed by atoms with Crippen molar-refractivity contribution in [2.75, 3.05) is 5.73 Å². The van der Waals surface area contributed by atoms with Crippen LogP contribution in [0.1, 0.15) is 16.7 Å². The number of rotatable bonds is 0. The monoisotopic (exact) mass is 167 g/mol. The second kappa shape index (κ2) is 2.78. The molecule has 1 aromatic rings. The minimum Gasteiger partial charge on any atom is -0.398 e. The summed E-state index contributed by atoms with van der Waals surface area (Å²) in [5, 5.41) is 0. The van der Waals surface area contributed by atoms with Gasteiger partial charge in [0, 0.05) is 10.6 Å². The summed E-state index contributed by atoms with van der Waals surface area (Å²) in [7, 11) is 0. The number of thiol groups is 1. The molecule has 0 bridgehead atoms. The highest BCUT2D eigenvalue weighted by atomic mass is 32.1. The van der Waals surface area contributed by atoms with Gasteiger partial charge in [-0.05, 0) is 43.5 Å². The number of nitrogen functional groups attached to an aromatic ring is 1. The Kier molecular flexibility index (Phi) is 2.14. The molecule has 0 spiro atoms. The lowest BCUT2D eigenvalue weighted by atomic mass is 10.0. The van der Waals surface area contributed by atoms with Crippen LogP contribution in [0.2, 0.25) is 0 Å². The molecule has 1 aromatic carbocycles. The van der Waals surface area contributed by atoms with Crippen LogP contribution in [0.25, 0.3) is 0 Å². The van der Waals surface area contributed by atoms with E-state index in [9.17, 15) is 0 Å². The van der Waals surface area contributed by atoms with Crippen LogP contribution in [0.5, 0.6) is 0 Å². The smallest absolute Gasteiger partial charge is 0.0349 e. The fourth-order valence-corrected chi connectivity index (χ4v) is 1.33. The average molecular weight is 167 g/mol. The minimum absolute atomic E-state index is 0.859. The second-order valence-corrected chi connectivity index (χ2v) is 3.33. The van der Waals surface area contributed by atoms with Crippen LogP contribution in [0.3, 0.4) is 0 Å². The first-order chi connectivity index (χ1) is 5.04. The maximum atomic E-state index is 5.76. The molecule has 60 valence electrons. The molecule has 0 saturated carbocycles. The molecule has 1 nitrogen and oxygen atoms in total. The van der Waals surface area contributed by atoms with Crippen molar-refractivity contribution in [3.05, 3.63) is 22.8 Å². The Balaban J connectivity index is 3.46. The van der Waals surface area contributed by atoms with Crippen LogP contribution >= 0.6 is 12.6 Å². The summed E-state index contributed by atoms with van der Waals surface area (Å²) in [5.74, 6) is 0. The SMILES string of the molecule is Cc1cc(N)c(C)c(C)c1S. The Bertz CT molecular complexity index is 266. The summed E-state index contributed by atoms with van der Waals surface area (Å²) >= 11 is 4.37. The Hall–Kier alpha value is -0.630. The van der Waals surface area contributed by atoms with Gasteiger partial charge in [0.1, 0.15) is 0 Å². The minimum atomic E-state index is 0.859. The fourth-order valence-electron chi connectivity index (χ4n) is 1.10. The molecule has 1 rings (SSSR count). The highest BCUT2D eigenvalue weighted by molar-refractivity contribution is 7.80. The second-order valence-electron chi connectivity index (χ2n) is 2.88. The number of hydrogen-bond acceptors (Lipinski definition) is 2. The number of anilines is 1. The van der Waals surface area contributed by atoms with Crippen LogP contribution in [0.15, 0.2) is 11.0 Å². The van der Waals surface area contributed by atoms with Crippen molar-refractivity contribution >= 4 is 18.3 Å². The van der Waals surface area contributed by atoms with Crippen LogP contribution in [-0.2, 0) is 0 Å². The van der Waals surface area contributed by atoms with Crippen molar-refractivity contribution in [2.45, 2.75) is 25.7 Å². The molecule has 0 aliphatic rings. The van der Waals surface area contributed by atoms with Gasteiger partial charge in [0.15, 0.2) is 0 Å². The van der Waals surface area contributed by atoms with Gasteiger partial charge in [0.05, 0.1) is 0 Å². The molecule has 0 aliphatic carbocycles. The number of hydrogen-bond donors (Lipinski definition) is 2. The molecule has 0 aromatic heterocycles. The largest absolute Gasteiger partial charge is 0.398 e. The molecule has 0 saturated heterocycles. The fraction of sp³-hybridized carbons (Fsp3) is 0.333. The highest BCUT2D eigenvalue weighted by Gasteiger charge is 2.03. The van der Waals surface area contributed by atoms with Crippen molar-refractivity contribution in [3.63, 3.8) is 0 Å². The van der Waals surface area contributed by atoms with Gasteiger partial charge in [0.2, 0.25) is 0 Å². The van der Waals surface area contributed by atoms with Gasteiger partial charge in [-0.2, -0.15) is 0 Å². The van der Waals surface area contributed by atoms with Gasteiger partial charge >= 0.3 is 0 Å². The quantitative estimate of drug-likeness (QED) is 0.450.